The van der Waals surface area contributed by atoms with Gasteiger partial charge in [0.25, 0.3) is 0 Å². The van der Waals surface area contributed by atoms with E-state index in [0.717, 1.165) is 4.90 Å². The SMILES string of the molecule is C#CCC(N)C(=O)N(CC(=O)O)C1CCS(=O)(=O)C1. The molecule has 1 fully saturated rings. The van der Waals surface area contributed by atoms with Crippen LogP contribution in [0.15, 0.2) is 0 Å². The minimum atomic E-state index is -3.22. The summed E-state index contributed by atoms with van der Waals surface area (Å²) in [6, 6.07) is -1.65. The topological polar surface area (TPSA) is 118 Å². The molecule has 2 atom stereocenters. The molecular weight excluding hydrogens is 272 g/mol. The van der Waals surface area contributed by atoms with Crippen molar-refractivity contribution >= 4 is 21.7 Å². The number of carboxylic acids is 1. The molecule has 1 rings (SSSR count). The summed E-state index contributed by atoms with van der Waals surface area (Å²) in [5.74, 6) is 0.108. The monoisotopic (exact) mass is 288 g/mol. The van der Waals surface area contributed by atoms with E-state index < -0.39 is 40.3 Å². The van der Waals surface area contributed by atoms with E-state index >= 15 is 0 Å². The molecule has 106 valence electrons. The molecule has 0 aromatic carbocycles. The Morgan fingerprint density at radius 1 is 1.53 bits per heavy atom. The highest BCUT2D eigenvalue weighted by atomic mass is 32.2. The minimum absolute atomic E-state index is 0.0194. The van der Waals surface area contributed by atoms with Gasteiger partial charge in [0.15, 0.2) is 9.84 Å². The molecule has 0 spiro atoms. The van der Waals surface area contributed by atoms with Gasteiger partial charge in [-0.25, -0.2) is 8.42 Å². The average Bonchev–Trinajstić information content (AvgIpc) is 2.65. The zero-order valence-electron chi connectivity index (χ0n) is 10.3. The highest BCUT2D eigenvalue weighted by Gasteiger charge is 2.36. The van der Waals surface area contributed by atoms with Crippen LogP contribution in [0, 0.1) is 12.3 Å². The Kier molecular flexibility index (Phi) is 4.91. The molecule has 2 unspecified atom stereocenters. The number of amides is 1. The molecule has 1 amide bonds. The van der Waals surface area contributed by atoms with E-state index in [1.165, 1.54) is 0 Å². The zero-order valence-corrected chi connectivity index (χ0v) is 11.1. The summed E-state index contributed by atoms with van der Waals surface area (Å²) < 4.78 is 22.8. The van der Waals surface area contributed by atoms with Crippen LogP contribution in [0.3, 0.4) is 0 Å². The molecular formula is C11H16N2O5S. The van der Waals surface area contributed by atoms with E-state index in [1.807, 2.05) is 0 Å². The van der Waals surface area contributed by atoms with Gasteiger partial charge in [-0.2, -0.15) is 0 Å². The molecule has 7 nitrogen and oxygen atoms in total. The van der Waals surface area contributed by atoms with Crippen molar-refractivity contribution < 1.29 is 23.1 Å². The Bertz CT molecular complexity index is 508. The first-order valence-electron chi connectivity index (χ1n) is 5.68. The van der Waals surface area contributed by atoms with Crippen LogP contribution in [0.4, 0.5) is 0 Å². The van der Waals surface area contributed by atoms with Gasteiger partial charge in [0, 0.05) is 12.5 Å². The van der Waals surface area contributed by atoms with Crippen LogP contribution >= 0.6 is 0 Å². The first-order chi connectivity index (χ1) is 8.76. The number of carboxylic acid groups (broad SMARTS) is 1. The van der Waals surface area contributed by atoms with Crippen molar-refractivity contribution in [3.8, 4) is 12.3 Å². The van der Waals surface area contributed by atoms with Gasteiger partial charge in [-0.3, -0.25) is 9.59 Å². The molecule has 1 saturated heterocycles. The normalized spacial score (nSPS) is 22.4. The zero-order chi connectivity index (χ0) is 14.6. The van der Waals surface area contributed by atoms with Crippen LogP contribution in [0.5, 0.6) is 0 Å². The van der Waals surface area contributed by atoms with Crippen LogP contribution in [0.1, 0.15) is 12.8 Å². The molecule has 19 heavy (non-hydrogen) atoms. The lowest BCUT2D eigenvalue weighted by atomic mass is 10.1. The van der Waals surface area contributed by atoms with Crippen molar-refractivity contribution in [1.82, 2.24) is 4.90 Å². The molecule has 3 N–H and O–H groups in total. The summed E-state index contributed by atoms with van der Waals surface area (Å²) in [7, 11) is -3.22. The number of hydrogen-bond acceptors (Lipinski definition) is 5. The van der Waals surface area contributed by atoms with Gasteiger partial charge >= 0.3 is 5.97 Å². The van der Waals surface area contributed by atoms with Gasteiger partial charge in [-0.1, -0.05) is 0 Å². The number of nitrogens with two attached hydrogens (primary N) is 1. The quantitative estimate of drug-likeness (QED) is 0.591. The predicted molar refractivity (Wildman–Crippen MR) is 67.8 cm³/mol. The maximum atomic E-state index is 12.0. The molecule has 1 aliphatic rings. The standard InChI is InChI=1S/C11H16N2O5S/c1-2-3-9(12)11(16)13(6-10(14)15)8-4-5-19(17,18)7-8/h1,8-9H,3-7,12H2,(H,14,15). The summed E-state index contributed by atoms with van der Waals surface area (Å²) in [5.41, 5.74) is 5.56. The molecule has 8 heteroatoms. The first kappa shape index (κ1) is 15.5. The number of hydrogen-bond donors (Lipinski definition) is 2. The van der Waals surface area contributed by atoms with Gasteiger partial charge in [0.1, 0.15) is 6.54 Å². The number of aliphatic carboxylic acids is 1. The summed E-state index contributed by atoms with van der Waals surface area (Å²) >= 11 is 0. The molecule has 0 saturated carbocycles. The molecule has 0 radical (unpaired) electrons. The number of nitrogens with zero attached hydrogens (tertiary/aromatic N) is 1. The molecule has 1 heterocycles. The van der Waals surface area contributed by atoms with E-state index in [9.17, 15) is 18.0 Å². The van der Waals surface area contributed by atoms with Gasteiger partial charge < -0.3 is 15.7 Å². The van der Waals surface area contributed by atoms with Gasteiger partial charge in [0.2, 0.25) is 5.91 Å². The fraction of sp³-hybridized carbons (Fsp3) is 0.636. The number of terminal acetylenes is 1. The lowest BCUT2D eigenvalue weighted by Gasteiger charge is -2.28. The third kappa shape index (κ3) is 4.22. The Hall–Kier alpha value is -1.59. The van der Waals surface area contributed by atoms with Crippen molar-refractivity contribution in [3.63, 3.8) is 0 Å². The van der Waals surface area contributed by atoms with Gasteiger partial charge in [-0.05, 0) is 6.42 Å². The molecule has 0 bridgehead atoms. The van der Waals surface area contributed by atoms with Crippen molar-refractivity contribution in [2.75, 3.05) is 18.1 Å². The molecule has 0 aliphatic carbocycles. The van der Waals surface area contributed by atoms with Crippen molar-refractivity contribution in [3.05, 3.63) is 0 Å². The summed E-state index contributed by atoms with van der Waals surface area (Å²) in [4.78, 5) is 23.8. The largest absolute Gasteiger partial charge is 0.480 e. The minimum Gasteiger partial charge on any atom is -0.480 e. The second-order valence-corrected chi connectivity index (χ2v) is 6.66. The second-order valence-electron chi connectivity index (χ2n) is 4.43. The van der Waals surface area contributed by atoms with Crippen LogP contribution in [-0.4, -0.2) is 60.4 Å². The predicted octanol–water partition coefficient (Wildman–Crippen LogP) is -1.56. The van der Waals surface area contributed by atoms with Crippen molar-refractivity contribution in [2.45, 2.75) is 24.9 Å². The summed E-state index contributed by atoms with van der Waals surface area (Å²) in [6.07, 6.45) is 5.26. The highest BCUT2D eigenvalue weighted by Crippen LogP contribution is 2.18. The highest BCUT2D eigenvalue weighted by molar-refractivity contribution is 7.91. The maximum Gasteiger partial charge on any atom is 0.323 e. The van der Waals surface area contributed by atoms with E-state index in [2.05, 4.69) is 5.92 Å². The van der Waals surface area contributed by atoms with Crippen LogP contribution < -0.4 is 5.73 Å². The lowest BCUT2D eigenvalue weighted by molar-refractivity contribution is -0.146. The Balaban J connectivity index is 2.87. The van der Waals surface area contributed by atoms with E-state index in [0.29, 0.717) is 0 Å². The second kappa shape index (κ2) is 6.04. The Morgan fingerprint density at radius 3 is 2.58 bits per heavy atom. The maximum absolute atomic E-state index is 12.0. The Morgan fingerprint density at radius 2 is 2.16 bits per heavy atom. The number of carbonyl (C=O) groups excluding carboxylic acids is 1. The van der Waals surface area contributed by atoms with Crippen LogP contribution in [0.25, 0.3) is 0 Å². The fourth-order valence-electron chi connectivity index (χ4n) is 1.98. The smallest absolute Gasteiger partial charge is 0.323 e. The lowest BCUT2D eigenvalue weighted by Crippen LogP contribution is -2.51. The van der Waals surface area contributed by atoms with Crippen molar-refractivity contribution in [1.29, 1.82) is 0 Å². The van der Waals surface area contributed by atoms with E-state index in [-0.39, 0.29) is 24.3 Å². The summed E-state index contributed by atoms with van der Waals surface area (Å²) in [5, 5.41) is 8.81. The first-order valence-corrected chi connectivity index (χ1v) is 7.50. The van der Waals surface area contributed by atoms with Crippen molar-refractivity contribution in [2.24, 2.45) is 5.73 Å². The fourth-order valence-corrected chi connectivity index (χ4v) is 3.71. The molecule has 0 aromatic rings. The summed E-state index contributed by atoms with van der Waals surface area (Å²) in [6.45, 7) is -0.572. The Labute approximate surface area is 111 Å². The third-order valence-corrected chi connectivity index (χ3v) is 4.64. The van der Waals surface area contributed by atoms with E-state index in [1.54, 1.807) is 0 Å². The number of rotatable bonds is 5. The molecule has 1 aliphatic heterocycles. The van der Waals surface area contributed by atoms with E-state index in [4.69, 9.17) is 17.3 Å². The van der Waals surface area contributed by atoms with Crippen LogP contribution in [0.2, 0.25) is 0 Å². The van der Waals surface area contributed by atoms with Gasteiger partial charge in [-0.15, -0.1) is 12.3 Å². The third-order valence-electron chi connectivity index (χ3n) is 2.89. The average molecular weight is 288 g/mol. The number of carbonyl (C=O) groups is 2. The number of sulfone groups is 1. The van der Waals surface area contributed by atoms with Crippen LogP contribution in [-0.2, 0) is 19.4 Å². The molecule has 0 aromatic heterocycles. The van der Waals surface area contributed by atoms with Gasteiger partial charge in [0.05, 0.1) is 17.5 Å².